The third kappa shape index (κ3) is 3.56. The Morgan fingerprint density at radius 3 is 2.82 bits per heavy atom. The van der Waals surface area contributed by atoms with E-state index in [9.17, 15) is 0 Å². The molecule has 0 amide bonds. The molecule has 0 saturated heterocycles. The molecule has 1 N–H and O–H groups in total. The molecule has 1 unspecified atom stereocenters. The van der Waals surface area contributed by atoms with E-state index in [4.69, 9.17) is 11.6 Å². The summed E-state index contributed by atoms with van der Waals surface area (Å²) in [4.78, 5) is 1.40. The zero-order valence-corrected chi connectivity index (χ0v) is 11.4. The second-order valence-corrected chi connectivity index (χ2v) is 5.40. The van der Waals surface area contributed by atoms with Crippen LogP contribution in [0.3, 0.4) is 0 Å². The molecule has 0 radical (unpaired) electrons. The number of hydrogen-bond donors (Lipinski definition) is 1. The minimum absolute atomic E-state index is 0.439. The van der Waals surface area contributed by atoms with Gasteiger partial charge < -0.3 is 5.32 Å². The molecule has 3 heteroatoms. The Balaban J connectivity index is 1.97. The number of thiophene rings is 1. The molecule has 0 aliphatic rings. The molecule has 1 heterocycles. The molecule has 0 bridgehead atoms. The van der Waals surface area contributed by atoms with E-state index in [1.165, 1.54) is 10.4 Å². The maximum atomic E-state index is 5.97. The zero-order chi connectivity index (χ0) is 12.1. The molecule has 1 atom stereocenters. The first kappa shape index (κ1) is 12.6. The molecule has 0 aliphatic heterocycles. The van der Waals surface area contributed by atoms with Crippen LogP contribution in [0.25, 0.3) is 0 Å². The Labute approximate surface area is 111 Å². The molecule has 1 aromatic carbocycles. The average molecular weight is 266 g/mol. The molecule has 1 nitrogen and oxygen atoms in total. The van der Waals surface area contributed by atoms with E-state index in [-0.39, 0.29) is 0 Å². The van der Waals surface area contributed by atoms with Crippen molar-refractivity contribution in [2.45, 2.75) is 25.9 Å². The van der Waals surface area contributed by atoms with Gasteiger partial charge in [-0.15, -0.1) is 11.3 Å². The van der Waals surface area contributed by atoms with Crippen molar-refractivity contribution in [1.82, 2.24) is 5.32 Å². The fourth-order valence-corrected chi connectivity index (χ4v) is 2.92. The Morgan fingerprint density at radius 2 is 2.18 bits per heavy atom. The number of benzene rings is 1. The summed E-state index contributed by atoms with van der Waals surface area (Å²) in [7, 11) is 0. The lowest BCUT2D eigenvalue weighted by Gasteiger charge is -2.15. The van der Waals surface area contributed by atoms with Gasteiger partial charge in [0.2, 0.25) is 0 Å². The van der Waals surface area contributed by atoms with Crippen LogP contribution in [-0.2, 0) is 6.54 Å². The van der Waals surface area contributed by atoms with Crippen LogP contribution in [0.2, 0.25) is 5.02 Å². The highest BCUT2D eigenvalue weighted by Crippen LogP contribution is 2.22. The summed E-state index contributed by atoms with van der Waals surface area (Å²) in [6, 6.07) is 12.7. The first-order chi connectivity index (χ1) is 8.29. The predicted molar refractivity (Wildman–Crippen MR) is 75.6 cm³/mol. The topological polar surface area (TPSA) is 12.0 Å². The smallest absolute Gasteiger partial charge is 0.0414 e. The number of hydrogen-bond acceptors (Lipinski definition) is 2. The van der Waals surface area contributed by atoms with Gasteiger partial charge in [-0.3, -0.25) is 0 Å². The van der Waals surface area contributed by atoms with Crippen molar-refractivity contribution in [2.24, 2.45) is 0 Å². The molecule has 1 aromatic heterocycles. The van der Waals surface area contributed by atoms with Crippen LogP contribution in [0.15, 0.2) is 41.8 Å². The Morgan fingerprint density at radius 1 is 1.29 bits per heavy atom. The highest BCUT2D eigenvalue weighted by molar-refractivity contribution is 7.10. The molecule has 0 saturated carbocycles. The van der Waals surface area contributed by atoms with E-state index in [2.05, 4.69) is 35.8 Å². The average Bonchev–Trinajstić information content (AvgIpc) is 2.84. The molecule has 2 aromatic rings. The van der Waals surface area contributed by atoms with Crippen LogP contribution in [-0.4, -0.2) is 0 Å². The SMILES string of the molecule is CCC(NCc1cccc(Cl)c1)c1cccs1. The maximum absolute atomic E-state index is 5.97. The van der Waals surface area contributed by atoms with Crippen molar-refractivity contribution in [3.63, 3.8) is 0 Å². The van der Waals surface area contributed by atoms with Gasteiger partial charge in [0.25, 0.3) is 0 Å². The van der Waals surface area contributed by atoms with E-state index < -0.39 is 0 Å². The molecule has 90 valence electrons. The van der Waals surface area contributed by atoms with Crippen LogP contribution < -0.4 is 5.32 Å². The number of rotatable bonds is 5. The van der Waals surface area contributed by atoms with Crippen molar-refractivity contribution in [3.8, 4) is 0 Å². The largest absolute Gasteiger partial charge is 0.305 e. The third-order valence-electron chi connectivity index (χ3n) is 2.74. The number of halogens is 1. The summed E-state index contributed by atoms with van der Waals surface area (Å²) in [5, 5.41) is 6.49. The first-order valence-electron chi connectivity index (χ1n) is 5.81. The van der Waals surface area contributed by atoms with Crippen LogP contribution in [0.4, 0.5) is 0 Å². The van der Waals surface area contributed by atoms with E-state index in [1.54, 1.807) is 11.3 Å². The minimum Gasteiger partial charge on any atom is -0.305 e. The second kappa shape index (κ2) is 6.20. The lowest BCUT2D eigenvalue weighted by molar-refractivity contribution is 0.526. The summed E-state index contributed by atoms with van der Waals surface area (Å²) in [6.07, 6.45) is 1.10. The van der Waals surface area contributed by atoms with Gasteiger partial charge in [-0.05, 0) is 35.6 Å². The molecule has 2 rings (SSSR count). The van der Waals surface area contributed by atoms with Crippen LogP contribution >= 0.6 is 22.9 Å². The third-order valence-corrected chi connectivity index (χ3v) is 3.96. The normalized spacial score (nSPS) is 12.6. The molecule has 0 aliphatic carbocycles. The van der Waals surface area contributed by atoms with Gasteiger partial charge in [-0.25, -0.2) is 0 Å². The highest BCUT2D eigenvalue weighted by atomic mass is 35.5. The Bertz CT molecular complexity index is 453. The highest BCUT2D eigenvalue weighted by Gasteiger charge is 2.09. The van der Waals surface area contributed by atoms with E-state index in [0.29, 0.717) is 6.04 Å². The van der Waals surface area contributed by atoms with Crippen molar-refractivity contribution < 1.29 is 0 Å². The van der Waals surface area contributed by atoms with Gasteiger partial charge in [-0.1, -0.05) is 36.7 Å². The summed E-state index contributed by atoms with van der Waals surface area (Å²) >= 11 is 7.77. The monoisotopic (exact) mass is 265 g/mol. The van der Waals surface area contributed by atoms with Gasteiger partial charge in [-0.2, -0.15) is 0 Å². The predicted octanol–water partition coefficient (Wildman–Crippen LogP) is 4.64. The Hall–Kier alpha value is -0.830. The summed E-state index contributed by atoms with van der Waals surface area (Å²) in [5.41, 5.74) is 1.23. The van der Waals surface area contributed by atoms with E-state index >= 15 is 0 Å². The second-order valence-electron chi connectivity index (χ2n) is 3.99. The quantitative estimate of drug-likeness (QED) is 0.830. The Kier molecular flexibility index (Phi) is 4.60. The molecule has 0 spiro atoms. The van der Waals surface area contributed by atoms with Gasteiger partial charge in [0, 0.05) is 22.5 Å². The van der Waals surface area contributed by atoms with Crippen molar-refractivity contribution in [3.05, 3.63) is 57.2 Å². The summed E-state index contributed by atoms with van der Waals surface area (Å²) < 4.78 is 0. The van der Waals surface area contributed by atoms with Crippen LogP contribution in [0.1, 0.15) is 29.8 Å². The molecule has 0 fully saturated rings. The van der Waals surface area contributed by atoms with Gasteiger partial charge >= 0.3 is 0 Å². The summed E-state index contributed by atoms with van der Waals surface area (Å²) in [5.74, 6) is 0. The zero-order valence-electron chi connectivity index (χ0n) is 9.82. The molecule has 17 heavy (non-hydrogen) atoms. The van der Waals surface area contributed by atoms with Crippen LogP contribution in [0, 0.1) is 0 Å². The van der Waals surface area contributed by atoms with Crippen molar-refractivity contribution in [1.29, 1.82) is 0 Å². The van der Waals surface area contributed by atoms with Gasteiger partial charge in [0.15, 0.2) is 0 Å². The fraction of sp³-hybridized carbons (Fsp3) is 0.286. The van der Waals surface area contributed by atoms with Gasteiger partial charge in [0.1, 0.15) is 0 Å². The number of nitrogens with one attached hydrogen (secondary N) is 1. The fourth-order valence-electron chi connectivity index (χ4n) is 1.82. The molecular formula is C14H16ClNS. The standard InChI is InChI=1S/C14H16ClNS/c1-2-13(14-7-4-8-17-14)16-10-11-5-3-6-12(15)9-11/h3-9,13,16H,2,10H2,1H3. The minimum atomic E-state index is 0.439. The first-order valence-corrected chi connectivity index (χ1v) is 7.06. The lowest BCUT2D eigenvalue weighted by Crippen LogP contribution is -2.19. The maximum Gasteiger partial charge on any atom is 0.0414 e. The summed E-state index contributed by atoms with van der Waals surface area (Å²) in [6.45, 7) is 3.06. The van der Waals surface area contributed by atoms with E-state index in [1.807, 2.05) is 18.2 Å². The molecular weight excluding hydrogens is 250 g/mol. The van der Waals surface area contributed by atoms with Crippen LogP contribution in [0.5, 0.6) is 0 Å². The van der Waals surface area contributed by atoms with E-state index in [0.717, 1.165) is 18.0 Å². The van der Waals surface area contributed by atoms with Gasteiger partial charge in [0.05, 0.1) is 0 Å². The lowest BCUT2D eigenvalue weighted by atomic mass is 10.1. The van der Waals surface area contributed by atoms with Crippen molar-refractivity contribution >= 4 is 22.9 Å². The van der Waals surface area contributed by atoms with Crippen molar-refractivity contribution in [2.75, 3.05) is 0 Å².